The van der Waals surface area contributed by atoms with Gasteiger partial charge in [-0.05, 0) is 61.4 Å². The molecule has 2 heterocycles. The van der Waals surface area contributed by atoms with E-state index in [4.69, 9.17) is 4.74 Å². The van der Waals surface area contributed by atoms with Crippen molar-refractivity contribution in [3.63, 3.8) is 0 Å². The van der Waals surface area contributed by atoms with Gasteiger partial charge in [-0.25, -0.2) is 9.97 Å². The molecule has 0 radical (unpaired) electrons. The lowest BCUT2D eigenvalue weighted by molar-refractivity contribution is 0.415. The Balaban J connectivity index is 1.70. The van der Waals surface area contributed by atoms with E-state index in [1.165, 1.54) is 11.1 Å². The highest BCUT2D eigenvalue weighted by Gasteiger charge is 2.11. The zero-order valence-electron chi connectivity index (χ0n) is 15.9. The summed E-state index contributed by atoms with van der Waals surface area (Å²) in [7, 11) is 1.64. The summed E-state index contributed by atoms with van der Waals surface area (Å²) in [6, 6.07) is 13.7. The first kappa shape index (κ1) is 17.7. The highest BCUT2D eigenvalue weighted by Crippen LogP contribution is 2.25. The topological polar surface area (TPSA) is 84.9 Å². The van der Waals surface area contributed by atoms with Gasteiger partial charge in [0.2, 0.25) is 5.95 Å². The monoisotopic (exact) mass is 372 g/mol. The summed E-state index contributed by atoms with van der Waals surface area (Å²) < 4.78 is 5.19. The molecule has 2 N–H and O–H groups in total. The quantitative estimate of drug-likeness (QED) is 0.532. The van der Waals surface area contributed by atoms with Crippen molar-refractivity contribution in [1.82, 2.24) is 19.9 Å². The van der Waals surface area contributed by atoms with Gasteiger partial charge in [-0.3, -0.25) is 0 Å². The van der Waals surface area contributed by atoms with Crippen molar-refractivity contribution < 1.29 is 4.74 Å². The van der Waals surface area contributed by atoms with E-state index in [1.807, 2.05) is 30.3 Å². The number of aryl methyl sites for hydroxylation is 2. The van der Waals surface area contributed by atoms with Crippen molar-refractivity contribution in [2.24, 2.45) is 0 Å². The van der Waals surface area contributed by atoms with Crippen LogP contribution in [0.4, 0.5) is 23.1 Å². The standard InChI is InChI=1S/C21H20N6O/c1-13-4-5-16(12-14(13)2)24-20-18-19(23-11-10-22-18)26-21(27-20)25-15-6-8-17(28-3)9-7-15/h4-12H,1-3H3,(H2,23,24,25,26,27). The number of aromatic nitrogens is 4. The fourth-order valence-corrected chi connectivity index (χ4v) is 2.77. The van der Waals surface area contributed by atoms with E-state index in [1.54, 1.807) is 19.5 Å². The molecule has 7 heteroatoms. The first-order chi connectivity index (χ1) is 13.6. The molecule has 0 aliphatic heterocycles. The van der Waals surface area contributed by atoms with Crippen LogP contribution in [0.1, 0.15) is 11.1 Å². The van der Waals surface area contributed by atoms with E-state index < -0.39 is 0 Å². The van der Waals surface area contributed by atoms with Crippen molar-refractivity contribution in [2.45, 2.75) is 13.8 Å². The molecule has 4 rings (SSSR count). The molecule has 0 saturated heterocycles. The molecule has 4 aromatic rings. The van der Waals surface area contributed by atoms with Gasteiger partial charge in [-0.1, -0.05) is 6.07 Å². The fourth-order valence-electron chi connectivity index (χ4n) is 2.77. The summed E-state index contributed by atoms with van der Waals surface area (Å²) in [4.78, 5) is 17.8. The Labute approximate surface area is 162 Å². The summed E-state index contributed by atoms with van der Waals surface area (Å²) in [6.45, 7) is 4.16. The molecule has 0 unspecified atom stereocenters. The van der Waals surface area contributed by atoms with Crippen molar-refractivity contribution in [3.05, 3.63) is 66.0 Å². The second kappa shape index (κ2) is 7.48. The van der Waals surface area contributed by atoms with Gasteiger partial charge < -0.3 is 15.4 Å². The second-order valence-electron chi connectivity index (χ2n) is 6.40. The van der Waals surface area contributed by atoms with Gasteiger partial charge in [-0.2, -0.15) is 9.97 Å². The minimum Gasteiger partial charge on any atom is -0.497 e. The Morgan fingerprint density at radius 3 is 2.29 bits per heavy atom. The van der Waals surface area contributed by atoms with Crippen molar-refractivity contribution in [2.75, 3.05) is 17.7 Å². The number of benzene rings is 2. The highest BCUT2D eigenvalue weighted by atomic mass is 16.5. The van der Waals surface area contributed by atoms with Crippen LogP contribution in [0.5, 0.6) is 5.75 Å². The lowest BCUT2D eigenvalue weighted by atomic mass is 10.1. The molecule has 28 heavy (non-hydrogen) atoms. The smallest absolute Gasteiger partial charge is 0.231 e. The van der Waals surface area contributed by atoms with Crippen molar-refractivity contribution in [1.29, 1.82) is 0 Å². The van der Waals surface area contributed by atoms with Gasteiger partial charge in [0.25, 0.3) is 0 Å². The maximum absolute atomic E-state index is 5.19. The number of fused-ring (bicyclic) bond motifs is 1. The Bertz CT molecular complexity index is 1130. The van der Waals surface area contributed by atoms with E-state index in [2.05, 4.69) is 56.5 Å². The minimum absolute atomic E-state index is 0.435. The Hall–Kier alpha value is -3.74. The minimum atomic E-state index is 0.435. The van der Waals surface area contributed by atoms with Crippen LogP contribution >= 0.6 is 0 Å². The Kier molecular flexibility index (Phi) is 4.72. The normalized spacial score (nSPS) is 10.7. The van der Waals surface area contributed by atoms with Gasteiger partial charge in [-0.15, -0.1) is 0 Å². The first-order valence-electron chi connectivity index (χ1n) is 8.86. The largest absolute Gasteiger partial charge is 0.497 e. The summed E-state index contributed by atoms with van der Waals surface area (Å²) >= 11 is 0. The lowest BCUT2D eigenvalue weighted by Crippen LogP contribution is -2.04. The van der Waals surface area contributed by atoms with Gasteiger partial charge in [0.05, 0.1) is 7.11 Å². The zero-order chi connectivity index (χ0) is 19.5. The Morgan fingerprint density at radius 2 is 1.54 bits per heavy atom. The SMILES string of the molecule is COc1ccc(Nc2nc(Nc3ccc(C)c(C)c3)c3nccnc3n2)cc1. The third-order valence-corrected chi connectivity index (χ3v) is 4.45. The molecule has 0 fully saturated rings. The molecule has 0 spiro atoms. The van der Waals surface area contributed by atoms with Crippen LogP contribution < -0.4 is 15.4 Å². The predicted octanol–water partition coefficient (Wildman–Crippen LogP) is 4.53. The number of hydrogen-bond acceptors (Lipinski definition) is 7. The highest BCUT2D eigenvalue weighted by molar-refractivity contribution is 5.86. The summed E-state index contributed by atoms with van der Waals surface area (Å²) in [5.41, 5.74) is 5.34. The maximum Gasteiger partial charge on any atom is 0.231 e. The van der Waals surface area contributed by atoms with E-state index in [9.17, 15) is 0 Å². The molecule has 2 aromatic carbocycles. The molecule has 7 nitrogen and oxygen atoms in total. The summed E-state index contributed by atoms with van der Waals surface area (Å²) in [5, 5.41) is 6.55. The van der Waals surface area contributed by atoms with E-state index in [-0.39, 0.29) is 0 Å². The van der Waals surface area contributed by atoms with Crippen LogP contribution in [0.2, 0.25) is 0 Å². The molecule has 0 saturated carbocycles. The van der Waals surface area contributed by atoms with Crippen LogP contribution in [-0.4, -0.2) is 27.0 Å². The number of nitrogens with one attached hydrogen (secondary N) is 2. The Morgan fingerprint density at radius 1 is 0.786 bits per heavy atom. The van der Waals surface area contributed by atoms with Crippen molar-refractivity contribution in [3.8, 4) is 5.75 Å². The van der Waals surface area contributed by atoms with Crippen LogP contribution in [0.3, 0.4) is 0 Å². The van der Waals surface area contributed by atoms with Gasteiger partial charge in [0, 0.05) is 23.8 Å². The van der Waals surface area contributed by atoms with E-state index >= 15 is 0 Å². The molecular weight excluding hydrogens is 352 g/mol. The fraction of sp³-hybridized carbons (Fsp3) is 0.143. The molecule has 0 bridgehead atoms. The van der Waals surface area contributed by atoms with Crippen LogP contribution in [0.15, 0.2) is 54.9 Å². The number of rotatable bonds is 5. The van der Waals surface area contributed by atoms with Gasteiger partial charge in [0.1, 0.15) is 5.75 Å². The third kappa shape index (κ3) is 3.68. The maximum atomic E-state index is 5.19. The average Bonchev–Trinajstić information content (AvgIpc) is 2.71. The third-order valence-electron chi connectivity index (χ3n) is 4.45. The van der Waals surface area contributed by atoms with Gasteiger partial charge in [0.15, 0.2) is 17.0 Å². The number of hydrogen-bond donors (Lipinski definition) is 2. The number of nitrogens with zero attached hydrogens (tertiary/aromatic N) is 4. The zero-order valence-corrected chi connectivity index (χ0v) is 15.9. The van der Waals surface area contributed by atoms with Crippen molar-refractivity contribution >= 4 is 34.3 Å². The molecule has 0 aliphatic carbocycles. The van der Waals surface area contributed by atoms with E-state index in [0.29, 0.717) is 22.9 Å². The van der Waals surface area contributed by atoms with Crippen LogP contribution in [0.25, 0.3) is 11.2 Å². The molecule has 140 valence electrons. The van der Waals surface area contributed by atoms with E-state index in [0.717, 1.165) is 17.1 Å². The first-order valence-corrected chi connectivity index (χ1v) is 8.86. The number of ether oxygens (including phenoxy) is 1. The molecule has 0 atom stereocenters. The average molecular weight is 372 g/mol. The molecular formula is C21H20N6O. The molecule has 2 aromatic heterocycles. The lowest BCUT2D eigenvalue weighted by Gasteiger charge is -2.12. The number of anilines is 4. The van der Waals surface area contributed by atoms with Gasteiger partial charge >= 0.3 is 0 Å². The predicted molar refractivity (Wildman–Crippen MR) is 111 cm³/mol. The summed E-state index contributed by atoms with van der Waals surface area (Å²) in [5.74, 6) is 1.81. The molecule has 0 amide bonds. The van der Waals surface area contributed by atoms with Crippen LogP contribution in [0, 0.1) is 13.8 Å². The van der Waals surface area contributed by atoms with Crippen LogP contribution in [-0.2, 0) is 0 Å². The number of methoxy groups -OCH3 is 1. The summed E-state index contributed by atoms with van der Waals surface area (Å²) in [6.07, 6.45) is 3.25. The second-order valence-corrected chi connectivity index (χ2v) is 6.40. The molecule has 0 aliphatic rings.